The lowest BCUT2D eigenvalue weighted by Gasteiger charge is -2.14. The first-order valence-electron chi connectivity index (χ1n) is 13.1. The van der Waals surface area contributed by atoms with E-state index in [1.54, 1.807) is 18.2 Å². The molecule has 3 aromatic heterocycles. The minimum Gasteiger partial charge on any atom is -0.464 e. The molecule has 0 radical (unpaired) electrons. The van der Waals surface area contributed by atoms with E-state index >= 15 is 0 Å². The Kier molecular flexibility index (Phi) is 7.29. The lowest BCUT2D eigenvalue weighted by atomic mass is 10.0. The predicted octanol–water partition coefficient (Wildman–Crippen LogP) is 4.56. The third-order valence-corrected chi connectivity index (χ3v) is 8.92. The molecule has 45 heavy (non-hydrogen) atoms. The summed E-state index contributed by atoms with van der Waals surface area (Å²) in [5, 5.41) is 0.836. The number of carbonyl (C=O) groups excluding carboxylic acids is 1. The number of nitrogens with one attached hydrogen (secondary N) is 3. The largest absolute Gasteiger partial charge is 0.464 e. The van der Waals surface area contributed by atoms with Crippen molar-refractivity contribution in [1.29, 1.82) is 0 Å². The van der Waals surface area contributed by atoms with Gasteiger partial charge in [0.25, 0.3) is 21.5 Å². The predicted molar refractivity (Wildman–Crippen MR) is 163 cm³/mol. The van der Waals surface area contributed by atoms with Gasteiger partial charge in [0.05, 0.1) is 29.5 Å². The molecular weight excluding hydrogens is 630 g/mol. The van der Waals surface area contributed by atoms with Crippen LogP contribution in [0.2, 0.25) is 0 Å². The zero-order valence-electron chi connectivity index (χ0n) is 23.2. The third kappa shape index (κ3) is 5.70. The van der Waals surface area contributed by atoms with Crippen LogP contribution in [0.5, 0.6) is 0 Å². The van der Waals surface area contributed by atoms with Gasteiger partial charge in [0, 0.05) is 45.4 Å². The van der Waals surface area contributed by atoms with Gasteiger partial charge in [0.1, 0.15) is 22.9 Å². The van der Waals surface area contributed by atoms with E-state index < -0.39 is 48.0 Å². The number of rotatable bonds is 8. The fourth-order valence-corrected chi connectivity index (χ4v) is 6.72. The Morgan fingerprint density at radius 3 is 2.51 bits per heavy atom. The Hall–Kier alpha value is -5.28. The lowest BCUT2D eigenvalue weighted by molar-refractivity contribution is 0.0974. The van der Waals surface area contributed by atoms with E-state index in [1.165, 1.54) is 47.4 Å². The number of aromatic amines is 1. The number of fused-ring (bicyclic) bond motifs is 3. The Morgan fingerprint density at radius 2 is 1.78 bits per heavy atom. The number of H-pyrrole nitrogens is 1. The molecule has 230 valence electrons. The molecule has 0 atom stereocenters. The van der Waals surface area contributed by atoms with E-state index in [0.29, 0.717) is 27.9 Å². The number of carbonyl (C=O) groups is 1. The van der Waals surface area contributed by atoms with Crippen LogP contribution in [0.4, 0.5) is 14.5 Å². The van der Waals surface area contributed by atoms with Crippen molar-refractivity contribution in [2.45, 2.75) is 11.4 Å². The van der Waals surface area contributed by atoms with E-state index in [9.17, 15) is 35.2 Å². The molecule has 3 aromatic carbocycles. The Balaban J connectivity index is 1.59. The zero-order valence-corrected chi connectivity index (χ0v) is 24.8. The van der Waals surface area contributed by atoms with Gasteiger partial charge in [0.15, 0.2) is 0 Å². The van der Waals surface area contributed by atoms with Crippen molar-refractivity contribution in [3.63, 3.8) is 0 Å². The fraction of sp³-hybridized carbons (Fsp3) is 0.0667. The molecule has 6 rings (SSSR count). The summed E-state index contributed by atoms with van der Waals surface area (Å²) in [5.74, 6) is -2.90. The molecule has 1 amide bonds. The Labute approximate surface area is 254 Å². The second kappa shape index (κ2) is 11.0. The molecule has 3 N–H and O–H groups in total. The summed E-state index contributed by atoms with van der Waals surface area (Å²) >= 11 is 0. The van der Waals surface area contributed by atoms with Crippen LogP contribution in [0, 0.1) is 11.6 Å². The van der Waals surface area contributed by atoms with Crippen LogP contribution in [0.1, 0.15) is 16.1 Å². The second-order valence-electron chi connectivity index (χ2n) is 10.1. The van der Waals surface area contributed by atoms with E-state index in [2.05, 4.69) is 9.71 Å². The highest BCUT2D eigenvalue weighted by atomic mass is 32.2. The highest BCUT2D eigenvalue weighted by Crippen LogP contribution is 2.39. The Bertz CT molecular complexity index is 2430. The maximum absolute atomic E-state index is 14.9. The second-order valence-corrected chi connectivity index (χ2v) is 13.5. The summed E-state index contributed by atoms with van der Waals surface area (Å²) in [6, 6.07) is 15.5. The van der Waals surface area contributed by atoms with E-state index in [-0.39, 0.29) is 34.6 Å². The number of benzene rings is 3. The number of halogens is 2. The summed E-state index contributed by atoms with van der Waals surface area (Å²) < 4.78 is 90.2. The van der Waals surface area contributed by atoms with Crippen molar-refractivity contribution in [3.8, 4) is 11.1 Å². The van der Waals surface area contributed by atoms with Crippen LogP contribution in [0.25, 0.3) is 33.0 Å². The third-order valence-electron chi connectivity index (χ3n) is 6.98. The van der Waals surface area contributed by atoms with E-state index in [0.717, 1.165) is 24.5 Å². The minimum absolute atomic E-state index is 0.0106. The highest BCUT2D eigenvalue weighted by molar-refractivity contribution is 7.92. The number of amides is 1. The molecule has 0 aliphatic rings. The average molecular weight is 653 g/mol. The van der Waals surface area contributed by atoms with Crippen molar-refractivity contribution < 1.29 is 34.8 Å². The summed E-state index contributed by atoms with van der Waals surface area (Å²) in [5.41, 5.74) is -0.213. The number of aromatic nitrogens is 2. The first-order valence-corrected chi connectivity index (χ1v) is 16.5. The molecule has 0 unspecified atom stereocenters. The van der Waals surface area contributed by atoms with Crippen LogP contribution in [0.3, 0.4) is 0 Å². The van der Waals surface area contributed by atoms with Gasteiger partial charge < -0.3 is 14.0 Å². The Morgan fingerprint density at radius 1 is 0.978 bits per heavy atom. The number of hydrogen-bond donors (Lipinski definition) is 3. The SMILES string of the molecule is CS(=O)(=O)Nc1cccc(S(=O)(=O)NC(=O)c2c(-c3ccc[nH]c3=O)c3c4ccoc4ccc3n2Cc2ccc(F)cc2F)c1. The van der Waals surface area contributed by atoms with Crippen molar-refractivity contribution in [2.75, 3.05) is 11.0 Å². The minimum atomic E-state index is -4.64. The average Bonchev–Trinajstić information content (AvgIpc) is 3.56. The first kappa shape index (κ1) is 29.8. The van der Waals surface area contributed by atoms with E-state index in [4.69, 9.17) is 4.42 Å². The number of nitrogens with zero attached hydrogens (tertiary/aromatic N) is 1. The fourth-order valence-electron chi connectivity index (χ4n) is 5.17. The molecule has 0 saturated heterocycles. The van der Waals surface area contributed by atoms with Crippen LogP contribution < -0.4 is 15.0 Å². The maximum atomic E-state index is 14.9. The standard InChI is InChI=1S/C30H22F2N4O7S2/c1-44(39,40)34-19-4-2-5-20(15-19)45(41,42)35-30(38)28-27(22-6-3-12-33-29(22)37)26-21-11-13-43-25(21)10-9-24(26)36(28)16-17-7-8-18(31)14-23(17)32/h2-15,34H,16H2,1H3,(H,33,37)(H,35,38). The smallest absolute Gasteiger partial charge is 0.282 e. The molecule has 3 heterocycles. The summed E-state index contributed by atoms with van der Waals surface area (Å²) in [7, 11) is -8.39. The number of sulfonamides is 2. The highest BCUT2D eigenvalue weighted by Gasteiger charge is 2.30. The van der Waals surface area contributed by atoms with Gasteiger partial charge in [-0.15, -0.1) is 0 Å². The molecule has 0 spiro atoms. The summed E-state index contributed by atoms with van der Waals surface area (Å²) in [6.07, 6.45) is 3.68. The van der Waals surface area contributed by atoms with Crippen molar-refractivity contribution in [1.82, 2.24) is 14.3 Å². The molecule has 6 aromatic rings. The van der Waals surface area contributed by atoms with E-state index in [1.807, 2.05) is 4.72 Å². The number of furan rings is 1. The van der Waals surface area contributed by atoms with Gasteiger partial charge in [-0.3, -0.25) is 14.3 Å². The maximum Gasteiger partial charge on any atom is 0.282 e. The monoisotopic (exact) mass is 652 g/mol. The van der Waals surface area contributed by atoms with Gasteiger partial charge in [-0.05, 0) is 54.6 Å². The normalized spacial score (nSPS) is 12.1. The zero-order chi connectivity index (χ0) is 32.1. The number of pyridine rings is 1. The van der Waals surface area contributed by atoms with Crippen LogP contribution >= 0.6 is 0 Å². The van der Waals surface area contributed by atoms with Crippen molar-refractivity contribution in [2.24, 2.45) is 0 Å². The number of hydrogen-bond acceptors (Lipinski definition) is 7. The van der Waals surface area contributed by atoms with Gasteiger partial charge in [0.2, 0.25) is 10.0 Å². The molecule has 0 fully saturated rings. The van der Waals surface area contributed by atoms with Crippen LogP contribution in [-0.4, -0.2) is 38.5 Å². The quantitative estimate of drug-likeness (QED) is 0.217. The molecule has 0 saturated carbocycles. The molecule has 0 bridgehead atoms. The van der Waals surface area contributed by atoms with Gasteiger partial charge in [-0.2, -0.15) is 0 Å². The molecule has 0 aliphatic heterocycles. The van der Waals surface area contributed by atoms with Gasteiger partial charge in [-0.1, -0.05) is 12.1 Å². The summed E-state index contributed by atoms with van der Waals surface area (Å²) in [4.78, 5) is 29.4. The number of anilines is 1. The lowest BCUT2D eigenvalue weighted by Crippen LogP contribution is -2.33. The summed E-state index contributed by atoms with van der Waals surface area (Å²) in [6.45, 7) is -0.354. The van der Waals surface area contributed by atoms with Gasteiger partial charge >= 0.3 is 0 Å². The molecule has 15 heteroatoms. The van der Waals surface area contributed by atoms with Crippen LogP contribution in [0.15, 0.2) is 99.4 Å². The van der Waals surface area contributed by atoms with Crippen molar-refractivity contribution in [3.05, 3.63) is 119 Å². The molecular formula is C30H22F2N4O7S2. The van der Waals surface area contributed by atoms with Crippen LogP contribution in [-0.2, 0) is 26.6 Å². The van der Waals surface area contributed by atoms with Crippen molar-refractivity contribution >= 4 is 53.5 Å². The molecule has 11 nitrogen and oxygen atoms in total. The topological polar surface area (TPSA) is 160 Å². The van der Waals surface area contributed by atoms with Gasteiger partial charge in [-0.25, -0.2) is 30.3 Å². The molecule has 0 aliphatic carbocycles. The first-order chi connectivity index (χ1) is 21.3.